The first kappa shape index (κ1) is 22.4. The third kappa shape index (κ3) is 6.06. The molecule has 0 bridgehead atoms. The summed E-state index contributed by atoms with van der Waals surface area (Å²) in [5.41, 5.74) is 3.32. The van der Waals surface area contributed by atoms with Gasteiger partial charge in [0.1, 0.15) is 5.01 Å². The highest BCUT2D eigenvalue weighted by Crippen LogP contribution is 2.17. The number of halogens is 1. The standard InChI is InChI=1S/C19H26N6OS.HI/c1-13-14(2)27-18(24-13)11-23-19(20-3)22-10-15-4-6-16(7-5-15)25-9-8-21-17(26)12-25;/h4-7H,8-12H2,1-3H3,(H,21,26)(H2,20,22,23);1H. The number of benzene rings is 1. The van der Waals surface area contributed by atoms with Crippen LogP contribution in [0.4, 0.5) is 5.69 Å². The van der Waals surface area contributed by atoms with Crippen LogP contribution in [0.1, 0.15) is 21.1 Å². The van der Waals surface area contributed by atoms with E-state index in [1.165, 1.54) is 4.88 Å². The number of aromatic nitrogens is 1. The van der Waals surface area contributed by atoms with Gasteiger partial charge in [0, 0.05) is 37.2 Å². The second kappa shape index (κ2) is 10.6. The first-order valence-electron chi connectivity index (χ1n) is 9.03. The van der Waals surface area contributed by atoms with Gasteiger partial charge in [0.05, 0.1) is 18.8 Å². The van der Waals surface area contributed by atoms with Crippen LogP contribution in [0.3, 0.4) is 0 Å². The van der Waals surface area contributed by atoms with E-state index >= 15 is 0 Å². The fourth-order valence-electron chi connectivity index (χ4n) is 2.86. The van der Waals surface area contributed by atoms with Crippen LogP contribution in [-0.4, -0.2) is 43.5 Å². The van der Waals surface area contributed by atoms with Crippen LogP contribution < -0.4 is 20.9 Å². The van der Waals surface area contributed by atoms with Gasteiger partial charge in [-0.2, -0.15) is 0 Å². The molecule has 1 aliphatic rings. The molecule has 9 heteroatoms. The van der Waals surface area contributed by atoms with Crippen molar-refractivity contribution in [3.63, 3.8) is 0 Å². The van der Waals surface area contributed by atoms with Crippen molar-refractivity contribution in [1.29, 1.82) is 0 Å². The number of rotatable bonds is 5. The third-order valence-corrected chi connectivity index (χ3v) is 5.58. The van der Waals surface area contributed by atoms with Gasteiger partial charge in [0.2, 0.25) is 5.91 Å². The lowest BCUT2D eigenvalue weighted by atomic mass is 10.2. The molecule has 0 unspecified atom stereocenters. The maximum absolute atomic E-state index is 11.5. The molecule has 1 aromatic carbocycles. The van der Waals surface area contributed by atoms with Gasteiger partial charge in [-0.1, -0.05) is 12.1 Å². The number of thiazole rings is 1. The summed E-state index contributed by atoms with van der Waals surface area (Å²) in [4.78, 5) is 23.7. The minimum atomic E-state index is 0. The van der Waals surface area contributed by atoms with Crippen LogP contribution in [0.25, 0.3) is 0 Å². The smallest absolute Gasteiger partial charge is 0.239 e. The van der Waals surface area contributed by atoms with Crippen LogP contribution in [0, 0.1) is 13.8 Å². The maximum Gasteiger partial charge on any atom is 0.239 e. The summed E-state index contributed by atoms with van der Waals surface area (Å²) in [5, 5.41) is 10.5. The summed E-state index contributed by atoms with van der Waals surface area (Å²) in [6, 6.07) is 8.28. The number of carbonyl (C=O) groups is 1. The largest absolute Gasteiger partial charge is 0.360 e. The van der Waals surface area contributed by atoms with Crippen molar-refractivity contribution in [1.82, 2.24) is 20.9 Å². The van der Waals surface area contributed by atoms with E-state index in [4.69, 9.17) is 0 Å². The SMILES string of the molecule is CN=C(NCc1ccc(N2CCNC(=O)C2)cc1)NCc1nc(C)c(C)s1.I. The fraction of sp³-hybridized carbons (Fsp3) is 0.421. The first-order chi connectivity index (χ1) is 13.0. The lowest BCUT2D eigenvalue weighted by Crippen LogP contribution is -2.47. The molecule has 7 nitrogen and oxygen atoms in total. The van der Waals surface area contributed by atoms with Crippen molar-refractivity contribution in [2.75, 3.05) is 31.6 Å². The second-order valence-electron chi connectivity index (χ2n) is 6.47. The molecule has 1 saturated heterocycles. The number of piperazine rings is 1. The molecule has 2 heterocycles. The summed E-state index contributed by atoms with van der Waals surface area (Å²) in [7, 11) is 1.76. The summed E-state index contributed by atoms with van der Waals surface area (Å²) in [6.07, 6.45) is 0. The van der Waals surface area contributed by atoms with Gasteiger partial charge in [-0.15, -0.1) is 35.3 Å². The van der Waals surface area contributed by atoms with Gasteiger partial charge in [-0.05, 0) is 31.5 Å². The van der Waals surface area contributed by atoms with Crippen molar-refractivity contribution in [3.8, 4) is 0 Å². The predicted molar refractivity (Wildman–Crippen MR) is 126 cm³/mol. The lowest BCUT2D eigenvalue weighted by Gasteiger charge is -2.28. The Morgan fingerprint density at radius 2 is 1.96 bits per heavy atom. The van der Waals surface area contributed by atoms with Crippen LogP contribution in [0.2, 0.25) is 0 Å². The molecule has 28 heavy (non-hydrogen) atoms. The van der Waals surface area contributed by atoms with Gasteiger partial charge in [-0.3, -0.25) is 9.79 Å². The minimum absolute atomic E-state index is 0. The quantitative estimate of drug-likeness (QED) is 0.324. The highest BCUT2D eigenvalue weighted by molar-refractivity contribution is 14.0. The molecule has 0 radical (unpaired) electrons. The van der Waals surface area contributed by atoms with E-state index < -0.39 is 0 Å². The van der Waals surface area contributed by atoms with E-state index in [0.29, 0.717) is 26.2 Å². The van der Waals surface area contributed by atoms with E-state index in [2.05, 4.69) is 62.0 Å². The summed E-state index contributed by atoms with van der Waals surface area (Å²) in [5.74, 6) is 0.824. The molecular formula is C19H27IN6OS. The average Bonchev–Trinajstić information content (AvgIpc) is 3.00. The van der Waals surface area contributed by atoms with Crippen molar-refractivity contribution < 1.29 is 4.79 Å². The molecule has 1 fully saturated rings. The third-order valence-electron chi connectivity index (χ3n) is 4.50. The number of carbonyl (C=O) groups excluding carboxylic acids is 1. The van der Waals surface area contributed by atoms with E-state index in [1.54, 1.807) is 18.4 Å². The second-order valence-corrected chi connectivity index (χ2v) is 7.75. The van der Waals surface area contributed by atoms with E-state index in [0.717, 1.165) is 34.5 Å². The molecular weight excluding hydrogens is 487 g/mol. The Bertz CT molecular complexity index is 801. The topological polar surface area (TPSA) is 81.7 Å². The first-order valence-corrected chi connectivity index (χ1v) is 9.85. The zero-order valence-corrected chi connectivity index (χ0v) is 19.6. The fourth-order valence-corrected chi connectivity index (χ4v) is 3.74. The highest BCUT2D eigenvalue weighted by Gasteiger charge is 2.16. The van der Waals surface area contributed by atoms with Crippen molar-refractivity contribution in [2.24, 2.45) is 4.99 Å². The minimum Gasteiger partial charge on any atom is -0.360 e. The average molecular weight is 514 g/mol. The van der Waals surface area contributed by atoms with Crippen LogP contribution in [-0.2, 0) is 17.9 Å². The van der Waals surface area contributed by atoms with Crippen LogP contribution in [0.15, 0.2) is 29.3 Å². The molecule has 3 rings (SSSR count). The zero-order chi connectivity index (χ0) is 19.2. The van der Waals surface area contributed by atoms with Crippen molar-refractivity contribution in [2.45, 2.75) is 26.9 Å². The number of nitrogens with zero attached hydrogens (tertiary/aromatic N) is 3. The number of nitrogens with one attached hydrogen (secondary N) is 3. The van der Waals surface area contributed by atoms with E-state index in [9.17, 15) is 4.79 Å². The predicted octanol–water partition coefficient (Wildman–Crippen LogP) is 2.18. The van der Waals surface area contributed by atoms with Gasteiger partial charge in [0.15, 0.2) is 5.96 Å². The van der Waals surface area contributed by atoms with Gasteiger partial charge in [0.25, 0.3) is 0 Å². The van der Waals surface area contributed by atoms with E-state index in [-0.39, 0.29) is 29.9 Å². The van der Waals surface area contributed by atoms with Gasteiger partial charge >= 0.3 is 0 Å². The van der Waals surface area contributed by atoms with Crippen molar-refractivity contribution in [3.05, 3.63) is 45.4 Å². The number of guanidine groups is 1. The molecule has 3 N–H and O–H groups in total. The Kier molecular flexibility index (Phi) is 8.49. The Balaban J connectivity index is 0.00000280. The Hall–Kier alpha value is -1.88. The highest BCUT2D eigenvalue weighted by atomic mass is 127. The van der Waals surface area contributed by atoms with Gasteiger partial charge in [-0.25, -0.2) is 4.98 Å². The zero-order valence-electron chi connectivity index (χ0n) is 16.4. The molecule has 1 aromatic heterocycles. The molecule has 0 aliphatic carbocycles. The number of aryl methyl sites for hydroxylation is 2. The van der Waals surface area contributed by atoms with Crippen molar-refractivity contribution >= 4 is 52.9 Å². The van der Waals surface area contributed by atoms with E-state index in [1.807, 2.05) is 6.92 Å². The molecule has 2 aromatic rings. The molecule has 1 aliphatic heterocycles. The van der Waals surface area contributed by atoms with Gasteiger partial charge < -0.3 is 20.9 Å². The number of hydrogen-bond acceptors (Lipinski definition) is 5. The number of anilines is 1. The number of amides is 1. The Labute approximate surface area is 187 Å². The molecule has 0 spiro atoms. The lowest BCUT2D eigenvalue weighted by molar-refractivity contribution is -0.120. The summed E-state index contributed by atoms with van der Waals surface area (Å²) < 4.78 is 0. The molecule has 152 valence electrons. The monoisotopic (exact) mass is 514 g/mol. The molecule has 0 saturated carbocycles. The molecule has 1 amide bonds. The normalized spacial score (nSPS) is 14.3. The molecule has 0 atom stereocenters. The number of aliphatic imine (C=N–C) groups is 1. The summed E-state index contributed by atoms with van der Waals surface area (Å²) >= 11 is 1.71. The maximum atomic E-state index is 11.5. The van der Waals surface area contributed by atoms with Crippen LogP contribution >= 0.6 is 35.3 Å². The Morgan fingerprint density at radius 1 is 1.25 bits per heavy atom. The number of hydrogen-bond donors (Lipinski definition) is 3. The summed E-state index contributed by atoms with van der Waals surface area (Å²) in [6.45, 7) is 7.42. The Morgan fingerprint density at radius 3 is 2.57 bits per heavy atom. The van der Waals surface area contributed by atoms with Crippen LogP contribution in [0.5, 0.6) is 0 Å².